The summed E-state index contributed by atoms with van der Waals surface area (Å²) in [7, 11) is 0. The molecule has 0 spiro atoms. The van der Waals surface area contributed by atoms with Gasteiger partial charge in [-0.2, -0.15) is 0 Å². The lowest BCUT2D eigenvalue weighted by Gasteiger charge is -2.21. The number of amides is 1. The number of carbonyl (C=O) groups is 3. The normalized spacial score (nSPS) is 12.4. The Morgan fingerprint density at radius 3 is 2.36 bits per heavy atom. The van der Waals surface area contributed by atoms with E-state index in [9.17, 15) is 14.4 Å². The van der Waals surface area contributed by atoms with Crippen molar-refractivity contribution in [2.45, 2.75) is 38.8 Å². The van der Waals surface area contributed by atoms with Gasteiger partial charge in [-0.25, -0.2) is 9.59 Å². The van der Waals surface area contributed by atoms with Gasteiger partial charge in [0.15, 0.2) is 5.78 Å². The first kappa shape index (κ1) is 18.2. The van der Waals surface area contributed by atoms with E-state index in [2.05, 4.69) is 21.2 Å². The van der Waals surface area contributed by atoms with Crippen LogP contribution in [0.1, 0.15) is 37.6 Å². The number of alkyl carbamates (subject to hydrolysis) is 1. The number of ether oxygens (including phenoxy) is 1. The van der Waals surface area contributed by atoms with E-state index < -0.39 is 29.5 Å². The molecule has 1 aromatic rings. The minimum atomic E-state index is -1.35. The van der Waals surface area contributed by atoms with Crippen LogP contribution in [0.15, 0.2) is 28.7 Å². The van der Waals surface area contributed by atoms with E-state index in [1.165, 1.54) is 0 Å². The quantitative estimate of drug-likeness (QED) is 0.776. The molecule has 1 amide bonds. The van der Waals surface area contributed by atoms with Gasteiger partial charge in [0, 0.05) is 16.5 Å². The highest BCUT2D eigenvalue weighted by Gasteiger charge is 2.27. The van der Waals surface area contributed by atoms with Crippen molar-refractivity contribution >= 4 is 33.8 Å². The Morgan fingerprint density at radius 2 is 1.86 bits per heavy atom. The minimum Gasteiger partial charge on any atom is -0.480 e. The summed E-state index contributed by atoms with van der Waals surface area (Å²) < 4.78 is 5.57. The summed E-state index contributed by atoms with van der Waals surface area (Å²) in [5, 5.41) is 11.3. The molecule has 0 radical (unpaired) electrons. The molecule has 1 atom stereocenters. The average Bonchev–Trinajstić information content (AvgIpc) is 2.35. The van der Waals surface area contributed by atoms with E-state index in [0.29, 0.717) is 10.0 Å². The molecule has 22 heavy (non-hydrogen) atoms. The van der Waals surface area contributed by atoms with Gasteiger partial charge in [-0.05, 0) is 26.8 Å². The van der Waals surface area contributed by atoms with Gasteiger partial charge >= 0.3 is 12.1 Å². The minimum absolute atomic E-state index is 0.361. The van der Waals surface area contributed by atoms with Crippen molar-refractivity contribution in [1.29, 1.82) is 0 Å². The molecule has 0 saturated heterocycles. The number of hydrogen-bond acceptors (Lipinski definition) is 4. The summed E-state index contributed by atoms with van der Waals surface area (Å²) in [5.41, 5.74) is -0.390. The number of carbonyl (C=O) groups excluding carboxylic acids is 2. The van der Waals surface area contributed by atoms with Crippen LogP contribution < -0.4 is 5.32 Å². The fourth-order valence-electron chi connectivity index (χ4n) is 1.63. The van der Waals surface area contributed by atoms with Crippen LogP contribution >= 0.6 is 15.9 Å². The van der Waals surface area contributed by atoms with Crippen LogP contribution in [-0.4, -0.2) is 34.6 Å². The molecule has 6 nitrogen and oxygen atoms in total. The number of Topliss-reactive ketones (excluding diaryl/α,β-unsaturated/α-hetero) is 1. The number of aliphatic carboxylic acids is 1. The van der Waals surface area contributed by atoms with Crippen LogP contribution in [0.2, 0.25) is 0 Å². The maximum absolute atomic E-state index is 12.2. The van der Waals surface area contributed by atoms with Crippen molar-refractivity contribution in [3.05, 3.63) is 34.3 Å². The summed E-state index contributed by atoms with van der Waals surface area (Å²) in [6.07, 6.45) is -1.24. The first-order valence-corrected chi connectivity index (χ1v) is 7.39. The molecule has 0 saturated carbocycles. The predicted molar refractivity (Wildman–Crippen MR) is 83.9 cm³/mol. The number of halogens is 1. The molecule has 0 aliphatic heterocycles. The Hall–Kier alpha value is -1.89. The zero-order valence-corrected chi connectivity index (χ0v) is 14.1. The van der Waals surface area contributed by atoms with Crippen molar-refractivity contribution < 1.29 is 24.2 Å². The molecular weight excluding hydrogens is 354 g/mol. The molecule has 1 aromatic carbocycles. The Labute approximate surface area is 137 Å². The zero-order valence-electron chi connectivity index (χ0n) is 12.6. The number of benzene rings is 1. The van der Waals surface area contributed by atoms with Gasteiger partial charge in [-0.1, -0.05) is 34.1 Å². The molecule has 0 heterocycles. The fraction of sp³-hybridized carbons (Fsp3) is 0.400. The highest BCUT2D eigenvalue weighted by atomic mass is 79.9. The van der Waals surface area contributed by atoms with Crippen LogP contribution in [0.4, 0.5) is 4.79 Å². The number of ketones is 1. The molecule has 0 fully saturated rings. The molecule has 0 aromatic heterocycles. The van der Waals surface area contributed by atoms with Crippen LogP contribution in [-0.2, 0) is 9.53 Å². The second-order valence-electron chi connectivity index (χ2n) is 5.64. The summed E-state index contributed by atoms with van der Waals surface area (Å²) in [6.45, 7) is 4.98. The van der Waals surface area contributed by atoms with Crippen molar-refractivity contribution in [3.63, 3.8) is 0 Å². The monoisotopic (exact) mass is 371 g/mol. The second kappa shape index (κ2) is 7.40. The molecule has 1 rings (SSSR count). The molecule has 7 heteroatoms. The summed E-state index contributed by atoms with van der Waals surface area (Å²) in [5.74, 6) is -1.69. The third-order valence-corrected chi connectivity index (χ3v) is 3.24. The number of carboxylic acids is 1. The molecule has 1 unspecified atom stereocenters. The van der Waals surface area contributed by atoms with Gasteiger partial charge in [0.25, 0.3) is 0 Å². The lowest BCUT2D eigenvalue weighted by molar-refractivity contribution is -0.139. The topological polar surface area (TPSA) is 92.7 Å². The fourth-order valence-corrected chi connectivity index (χ4v) is 2.14. The second-order valence-corrected chi connectivity index (χ2v) is 6.50. The Kier molecular flexibility index (Phi) is 6.11. The number of carboxylic acid groups (broad SMARTS) is 1. The van der Waals surface area contributed by atoms with Crippen LogP contribution in [0.25, 0.3) is 0 Å². The van der Waals surface area contributed by atoms with E-state index in [-0.39, 0.29) is 6.42 Å². The van der Waals surface area contributed by atoms with Crippen LogP contribution in [0.3, 0.4) is 0 Å². The van der Waals surface area contributed by atoms with Gasteiger partial charge in [-0.15, -0.1) is 0 Å². The van der Waals surface area contributed by atoms with Gasteiger partial charge in [0.1, 0.15) is 11.6 Å². The number of nitrogens with one attached hydrogen (secondary N) is 1. The van der Waals surface area contributed by atoms with Crippen molar-refractivity contribution in [3.8, 4) is 0 Å². The van der Waals surface area contributed by atoms with Crippen molar-refractivity contribution in [2.75, 3.05) is 0 Å². The van der Waals surface area contributed by atoms with Crippen LogP contribution in [0, 0.1) is 0 Å². The van der Waals surface area contributed by atoms with Gasteiger partial charge < -0.3 is 15.2 Å². The Morgan fingerprint density at radius 1 is 1.27 bits per heavy atom. The summed E-state index contributed by atoms with van der Waals surface area (Å²) in [6, 6.07) is 5.33. The van der Waals surface area contributed by atoms with E-state index in [1.54, 1.807) is 45.0 Å². The average molecular weight is 372 g/mol. The van der Waals surface area contributed by atoms with Gasteiger partial charge in [-0.3, -0.25) is 4.79 Å². The summed E-state index contributed by atoms with van der Waals surface area (Å²) >= 11 is 3.23. The maximum atomic E-state index is 12.2. The molecule has 0 aliphatic carbocycles. The first-order chi connectivity index (χ1) is 10.1. The smallest absolute Gasteiger partial charge is 0.408 e. The first-order valence-electron chi connectivity index (χ1n) is 6.60. The van der Waals surface area contributed by atoms with Crippen molar-refractivity contribution in [1.82, 2.24) is 5.32 Å². The maximum Gasteiger partial charge on any atom is 0.408 e. The number of hydrogen-bond donors (Lipinski definition) is 2. The lowest BCUT2D eigenvalue weighted by Crippen LogP contribution is -2.44. The molecule has 2 N–H and O–H groups in total. The molecule has 0 bridgehead atoms. The standard InChI is InChI=1S/C15H18BrNO5/c1-15(2,3)22-14(21)17-11(13(19)20)8-12(18)9-6-4-5-7-10(9)16/h4-7,11H,8H2,1-3H3,(H,17,21)(H,19,20). The van der Waals surface area contributed by atoms with E-state index in [4.69, 9.17) is 9.84 Å². The lowest BCUT2D eigenvalue weighted by atomic mass is 10.0. The largest absolute Gasteiger partial charge is 0.480 e. The summed E-state index contributed by atoms with van der Waals surface area (Å²) in [4.78, 5) is 35.0. The third kappa shape index (κ3) is 5.85. The van der Waals surface area contributed by atoms with E-state index in [1.807, 2.05) is 0 Å². The number of rotatable bonds is 5. The highest BCUT2D eigenvalue weighted by molar-refractivity contribution is 9.10. The highest BCUT2D eigenvalue weighted by Crippen LogP contribution is 2.18. The predicted octanol–water partition coefficient (Wildman–Crippen LogP) is 3.00. The zero-order chi connectivity index (χ0) is 16.9. The van der Waals surface area contributed by atoms with Crippen molar-refractivity contribution in [2.24, 2.45) is 0 Å². The van der Waals surface area contributed by atoms with E-state index >= 15 is 0 Å². The van der Waals surface area contributed by atoms with Crippen LogP contribution in [0.5, 0.6) is 0 Å². The molecule has 120 valence electrons. The Bertz CT molecular complexity index is 580. The van der Waals surface area contributed by atoms with Gasteiger partial charge in [0.05, 0.1) is 0 Å². The van der Waals surface area contributed by atoms with E-state index in [0.717, 1.165) is 0 Å². The Balaban J connectivity index is 2.77. The molecule has 0 aliphatic rings. The third-order valence-electron chi connectivity index (χ3n) is 2.55. The SMILES string of the molecule is CC(C)(C)OC(=O)NC(CC(=O)c1ccccc1Br)C(=O)O. The molecular formula is C15H18BrNO5. The van der Waals surface area contributed by atoms with Gasteiger partial charge in [0.2, 0.25) is 0 Å².